The standard InChI is InChI=1S/C14H17N3/c1-9-3-4-10(2)12(7-9)8-11-5-6-17-14(16)13(11)15/h3-7H,8,15H2,1-2H3,(H2,16,17). The van der Waals surface area contributed by atoms with E-state index in [2.05, 4.69) is 37.0 Å². The molecule has 0 saturated heterocycles. The number of hydrogen-bond donors (Lipinski definition) is 2. The van der Waals surface area contributed by atoms with Gasteiger partial charge in [-0.2, -0.15) is 0 Å². The Morgan fingerprint density at radius 3 is 2.59 bits per heavy atom. The van der Waals surface area contributed by atoms with Gasteiger partial charge in [-0.1, -0.05) is 23.8 Å². The van der Waals surface area contributed by atoms with Crippen molar-refractivity contribution in [2.24, 2.45) is 0 Å². The maximum atomic E-state index is 5.93. The lowest BCUT2D eigenvalue weighted by molar-refractivity contribution is 1.13. The highest BCUT2D eigenvalue weighted by molar-refractivity contribution is 5.63. The van der Waals surface area contributed by atoms with E-state index in [1.54, 1.807) is 6.20 Å². The van der Waals surface area contributed by atoms with Crippen molar-refractivity contribution < 1.29 is 0 Å². The SMILES string of the molecule is Cc1ccc(C)c(Cc2ccnc(N)c2N)c1. The molecule has 3 nitrogen and oxygen atoms in total. The van der Waals surface area contributed by atoms with Crippen LogP contribution in [0, 0.1) is 13.8 Å². The summed E-state index contributed by atoms with van der Waals surface area (Å²) in [6, 6.07) is 8.35. The molecule has 3 heteroatoms. The Morgan fingerprint density at radius 1 is 1.06 bits per heavy atom. The Labute approximate surface area is 101 Å². The van der Waals surface area contributed by atoms with Gasteiger partial charge in [0, 0.05) is 6.20 Å². The maximum absolute atomic E-state index is 5.93. The molecule has 2 rings (SSSR count). The fourth-order valence-electron chi connectivity index (χ4n) is 1.88. The number of nitrogens with two attached hydrogens (primary N) is 2. The molecule has 0 amide bonds. The van der Waals surface area contributed by atoms with Crippen molar-refractivity contribution in [3.8, 4) is 0 Å². The molecule has 2 aromatic rings. The van der Waals surface area contributed by atoms with E-state index in [-0.39, 0.29) is 0 Å². The number of aryl methyl sites for hydroxylation is 2. The van der Waals surface area contributed by atoms with E-state index < -0.39 is 0 Å². The van der Waals surface area contributed by atoms with Crippen LogP contribution >= 0.6 is 0 Å². The third-order valence-electron chi connectivity index (χ3n) is 3.00. The van der Waals surface area contributed by atoms with Crippen LogP contribution in [0.5, 0.6) is 0 Å². The first-order chi connectivity index (χ1) is 8.08. The van der Waals surface area contributed by atoms with Crippen LogP contribution in [-0.2, 0) is 6.42 Å². The van der Waals surface area contributed by atoms with E-state index in [4.69, 9.17) is 11.5 Å². The molecule has 1 aromatic heterocycles. The third kappa shape index (κ3) is 2.38. The lowest BCUT2D eigenvalue weighted by atomic mass is 9.98. The van der Waals surface area contributed by atoms with Gasteiger partial charge in [0.15, 0.2) is 0 Å². The van der Waals surface area contributed by atoms with Gasteiger partial charge < -0.3 is 11.5 Å². The van der Waals surface area contributed by atoms with Crippen molar-refractivity contribution in [3.05, 3.63) is 52.7 Å². The van der Waals surface area contributed by atoms with Crippen molar-refractivity contribution in [2.45, 2.75) is 20.3 Å². The number of hydrogen-bond acceptors (Lipinski definition) is 3. The summed E-state index contributed by atoms with van der Waals surface area (Å²) in [5, 5.41) is 0. The first-order valence-corrected chi connectivity index (χ1v) is 5.63. The van der Waals surface area contributed by atoms with Crippen molar-refractivity contribution in [3.63, 3.8) is 0 Å². The molecule has 4 N–H and O–H groups in total. The lowest BCUT2D eigenvalue weighted by Crippen LogP contribution is -2.03. The monoisotopic (exact) mass is 227 g/mol. The predicted octanol–water partition coefficient (Wildman–Crippen LogP) is 2.45. The van der Waals surface area contributed by atoms with E-state index >= 15 is 0 Å². The van der Waals surface area contributed by atoms with Gasteiger partial charge in [0.2, 0.25) is 0 Å². The molecule has 17 heavy (non-hydrogen) atoms. The number of aromatic nitrogens is 1. The maximum Gasteiger partial charge on any atom is 0.146 e. The Hall–Kier alpha value is -2.03. The molecule has 88 valence electrons. The number of anilines is 2. The van der Waals surface area contributed by atoms with E-state index in [1.165, 1.54) is 16.7 Å². The molecule has 0 saturated carbocycles. The number of rotatable bonds is 2. The quantitative estimate of drug-likeness (QED) is 0.828. The first kappa shape index (κ1) is 11.5. The van der Waals surface area contributed by atoms with Crippen molar-refractivity contribution in [1.82, 2.24) is 4.98 Å². The fourth-order valence-corrected chi connectivity index (χ4v) is 1.88. The topological polar surface area (TPSA) is 64.9 Å². The van der Waals surface area contributed by atoms with E-state index in [1.807, 2.05) is 6.07 Å². The molecule has 0 aliphatic carbocycles. The highest BCUT2D eigenvalue weighted by Crippen LogP contribution is 2.22. The molecule has 0 radical (unpaired) electrons. The number of nitrogen functional groups attached to an aromatic ring is 2. The first-order valence-electron chi connectivity index (χ1n) is 5.63. The average molecular weight is 227 g/mol. The minimum atomic E-state index is 0.410. The van der Waals surface area contributed by atoms with Crippen molar-refractivity contribution >= 4 is 11.5 Å². The molecular formula is C14H17N3. The second-order valence-electron chi connectivity index (χ2n) is 4.38. The van der Waals surface area contributed by atoms with Gasteiger partial charge in [0.25, 0.3) is 0 Å². The Morgan fingerprint density at radius 2 is 1.82 bits per heavy atom. The van der Waals surface area contributed by atoms with Gasteiger partial charge in [-0.25, -0.2) is 4.98 Å². The summed E-state index contributed by atoms with van der Waals surface area (Å²) in [4.78, 5) is 3.97. The molecule has 0 atom stereocenters. The summed E-state index contributed by atoms with van der Waals surface area (Å²) in [5.41, 5.74) is 17.1. The van der Waals surface area contributed by atoms with Crippen molar-refractivity contribution in [2.75, 3.05) is 11.5 Å². The summed E-state index contributed by atoms with van der Waals surface area (Å²) < 4.78 is 0. The van der Waals surface area contributed by atoms with Crippen LogP contribution in [0.15, 0.2) is 30.5 Å². The van der Waals surface area contributed by atoms with Gasteiger partial charge in [-0.15, -0.1) is 0 Å². The number of nitrogens with zero attached hydrogens (tertiary/aromatic N) is 1. The molecule has 0 fully saturated rings. The zero-order chi connectivity index (χ0) is 12.4. The van der Waals surface area contributed by atoms with Gasteiger partial charge in [-0.05, 0) is 43.0 Å². The third-order valence-corrected chi connectivity index (χ3v) is 3.00. The normalized spacial score (nSPS) is 10.5. The second-order valence-corrected chi connectivity index (χ2v) is 4.38. The number of pyridine rings is 1. The highest BCUT2D eigenvalue weighted by atomic mass is 14.9. The van der Waals surface area contributed by atoms with E-state index in [9.17, 15) is 0 Å². The molecular weight excluding hydrogens is 210 g/mol. The van der Waals surface area contributed by atoms with E-state index in [0.717, 1.165) is 12.0 Å². The minimum Gasteiger partial charge on any atom is -0.396 e. The Balaban J connectivity index is 2.38. The highest BCUT2D eigenvalue weighted by Gasteiger charge is 2.06. The van der Waals surface area contributed by atoms with Gasteiger partial charge in [0.1, 0.15) is 5.82 Å². The Bertz CT molecular complexity index is 547. The molecule has 0 aliphatic rings. The van der Waals surface area contributed by atoms with Gasteiger partial charge >= 0.3 is 0 Å². The van der Waals surface area contributed by atoms with Gasteiger partial charge in [-0.3, -0.25) is 0 Å². The number of benzene rings is 1. The lowest BCUT2D eigenvalue weighted by Gasteiger charge is -2.10. The summed E-state index contributed by atoms with van der Waals surface area (Å²) in [6.07, 6.45) is 2.50. The van der Waals surface area contributed by atoms with Crippen LogP contribution in [0.2, 0.25) is 0 Å². The molecule has 0 aliphatic heterocycles. The summed E-state index contributed by atoms with van der Waals surface area (Å²) in [7, 11) is 0. The van der Waals surface area contributed by atoms with Gasteiger partial charge in [0.05, 0.1) is 5.69 Å². The molecule has 1 aromatic carbocycles. The zero-order valence-electron chi connectivity index (χ0n) is 10.2. The summed E-state index contributed by atoms with van der Waals surface area (Å²) in [6.45, 7) is 4.20. The Kier molecular flexibility index (Phi) is 3.00. The minimum absolute atomic E-state index is 0.410. The van der Waals surface area contributed by atoms with Crippen LogP contribution in [0.25, 0.3) is 0 Å². The van der Waals surface area contributed by atoms with Crippen LogP contribution in [-0.4, -0.2) is 4.98 Å². The largest absolute Gasteiger partial charge is 0.396 e. The molecule has 0 spiro atoms. The van der Waals surface area contributed by atoms with Crippen LogP contribution in [0.1, 0.15) is 22.3 Å². The second kappa shape index (κ2) is 4.45. The fraction of sp³-hybridized carbons (Fsp3) is 0.214. The van der Waals surface area contributed by atoms with Crippen LogP contribution in [0.4, 0.5) is 11.5 Å². The van der Waals surface area contributed by atoms with E-state index in [0.29, 0.717) is 11.5 Å². The zero-order valence-corrected chi connectivity index (χ0v) is 10.2. The molecule has 1 heterocycles. The smallest absolute Gasteiger partial charge is 0.146 e. The summed E-state index contributed by atoms with van der Waals surface area (Å²) in [5.74, 6) is 0.410. The summed E-state index contributed by atoms with van der Waals surface area (Å²) >= 11 is 0. The molecule has 0 unspecified atom stereocenters. The van der Waals surface area contributed by atoms with Crippen LogP contribution in [0.3, 0.4) is 0 Å². The molecule has 0 bridgehead atoms. The predicted molar refractivity (Wildman–Crippen MR) is 71.8 cm³/mol. The average Bonchev–Trinajstić information content (AvgIpc) is 2.30. The van der Waals surface area contributed by atoms with Crippen LogP contribution < -0.4 is 11.5 Å². The van der Waals surface area contributed by atoms with Crippen molar-refractivity contribution in [1.29, 1.82) is 0 Å².